The van der Waals surface area contributed by atoms with Gasteiger partial charge >= 0.3 is 5.97 Å². The minimum absolute atomic E-state index is 0.0794. The first-order valence-corrected chi connectivity index (χ1v) is 11.8. The number of ether oxygens (including phenoxy) is 1. The summed E-state index contributed by atoms with van der Waals surface area (Å²) in [5, 5.41) is 3.23. The van der Waals surface area contributed by atoms with Gasteiger partial charge in [-0.2, -0.15) is 0 Å². The van der Waals surface area contributed by atoms with Crippen molar-refractivity contribution in [2.45, 2.75) is 63.8 Å². The van der Waals surface area contributed by atoms with Crippen LogP contribution in [0.4, 0.5) is 5.69 Å². The molecule has 6 rings (SSSR count). The average molecular weight is 425 g/mol. The summed E-state index contributed by atoms with van der Waals surface area (Å²) in [6.07, 6.45) is 8.23. The number of anilines is 1. The number of benzene rings is 1. The van der Waals surface area contributed by atoms with Crippen LogP contribution in [0.1, 0.15) is 57.4 Å². The molecule has 1 atom stereocenters. The maximum absolute atomic E-state index is 12.6. The molecule has 0 spiro atoms. The van der Waals surface area contributed by atoms with Crippen molar-refractivity contribution in [3.63, 3.8) is 0 Å². The van der Waals surface area contributed by atoms with Crippen molar-refractivity contribution in [1.29, 1.82) is 0 Å². The average Bonchev–Trinajstić information content (AvgIpc) is 3.12. The van der Waals surface area contributed by atoms with Gasteiger partial charge in [0.15, 0.2) is 6.61 Å². The zero-order valence-corrected chi connectivity index (χ0v) is 18.3. The zero-order valence-electron chi connectivity index (χ0n) is 18.3. The molecule has 1 aromatic carbocycles. The Kier molecular flexibility index (Phi) is 5.27. The molecule has 4 bridgehead atoms. The lowest BCUT2D eigenvalue weighted by Gasteiger charge is -2.56. The highest BCUT2D eigenvalue weighted by molar-refractivity contribution is 5.99. The van der Waals surface area contributed by atoms with Gasteiger partial charge in [0.1, 0.15) is 0 Å². The summed E-state index contributed by atoms with van der Waals surface area (Å²) in [5.74, 6) is 0.978. The third-order valence-corrected chi connectivity index (χ3v) is 7.90. The molecular formula is C25H32N2O4. The standard InChI is InChI=1S/C25H32N2O4/c1-2-16-3-5-21(6-4-16)27-14-20(10-23(27)29)24(30)31-15-22(28)26-25-11-17-7-18(12-25)9-19(8-17)13-25/h3-6,17-20H,2,7-15H2,1H3,(H,26,28)/t17?,18?,19?,20-,25?/m0/s1. The molecule has 1 aromatic rings. The summed E-state index contributed by atoms with van der Waals surface area (Å²) in [7, 11) is 0. The molecule has 5 aliphatic rings. The Morgan fingerprint density at radius 2 is 1.68 bits per heavy atom. The fraction of sp³-hybridized carbons (Fsp3) is 0.640. The lowest BCUT2D eigenvalue weighted by Crippen LogP contribution is -2.60. The number of amides is 2. The molecule has 31 heavy (non-hydrogen) atoms. The van der Waals surface area contributed by atoms with Gasteiger partial charge in [-0.25, -0.2) is 0 Å². The number of hydrogen-bond acceptors (Lipinski definition) is 4. The molecule has 5 fully saturated rings. The largest absolute Gasteiger partial charge is 0.455 e. The van der Waals surface area contributed by atoms with Gasteiger partial charge in [-0.15, -0.1) is 0 Å². The first-order chi connectivity index (χ1) is 14.9. The van der Waals surface area contributed by atoms with E-state index in [1.807, 2.05) is 24.3 Å². The predicted molar refractivity (Wildman–Crippen MR) is 116 cm³/mol. The van der Waals surface area contributed by atoms with Crippen LogP contribution in [-0.2, 0) is 25.5 Å². The number of nitrogens with one attached hydrogen (secondary N) is 1. The van der Waals surface area contributed by atoms with E-state index in [1.54, 1.807) is 4.90 Å². The second-order valence-electron chi connectivity index (χ2n) is 10.3. The molecule has 4 aliphatic carbocycles. The van der Waals surface area contributed by atoms with E-state index in [-0.39, 0.29) is 30.4 Å². The minimum atomic E-state index is -0.522. The topological polar surface area (TPSA) is 75.7 Å². The van der Waals surface area contributed by atoms with Crippen LogP contribution in [0.3, 0.4) is 0 Å². The number of esters is 1. The fourth-order valence-corrected chi connectivity index (χ4v) is 6.88. The SMILES string of the molecule is CCc1ccc(N2C[C@@H](C(=O)OCC(=O)NC34CC5CC(CC(C5)C3)C4)CC2=O)cc1. The molecule has 2 amide bonds. The number of aryl methyl sites for hydroxylation is 1. The van der Waals surface area contributed by atoms with Crippen molar-refractivity contribution in [1.82, 2.24) is 5.32 Å². The monoisotopic (exact) mass is 424 g/mol. The highest BCUT2D eigenvalue weighted by Gasteiger charge is 2.51. The van der Waals surface area contributed by atoms with Gasteiger partial charge in [0.25, 0.3) is 5.91 Å². The van der Waals surface area contributed by atoms with Crippen LogP contribution in [0.15, 0.2) is 24.3 Å². The molecule has 166 valence electrons. The first-order valence-electron chi connectivity index (χ1n) is 11.8. The molecular weight excluding hydrogens is 392 g/mol. The Morgan fingerprint density at radius 1 is 1.06 bits per heavy atom. The molecule has 0 aromatic heterocycles. The number of hydrogen-bond donors (Lipinski definition) is 1. The van der Waals surface area contributed by atoms with E-state index in [9.17, 15) is 14.4 Å². The van der Waals surface area contributed by atoms with Gasteiger partial charge in [0.2, 0.25) is 5.91 Å². The minimum Gasteiger partial charge on any atom is -0.455 e. The van der Waals surface area contributed by atoms with E-state index in [4.69, 9.17) is 4.74 Å². The normalized spacial score (nSPS) is 33.6. The third-order valence-electron chi connectivity index (χ3n) is 7.90. The van der Waals surface area contributed by atoms with Crippen LogP contribution in [0.25, 0.3) is 0 Å². The van der Waals surface area contributed by atoms with Crippen molar-refractivity contribution >= 4 is 23.5 Å². The smallest absolute Gasteiger partial charge is 0.311 e. The van der Waals surface area contributed by atoms with Crippen LogP contribution in [0, 0.1) is 23.7 Å². The second-order valence-corrected chi connectivity index (χ2v) is 10.3. The van der Waals surface area contributed by atoms with Crippen molar-refractivity contribution in [3.8, 4) is 0 Å². The second kappa shape index (κ2) is 7.95. The number of rotatable bonds is 6. The zero-order chi connectivity index (χ0) is 21.6. The lowest BCUT2D eigenvalue weighted by atomic mass is 9.53. The van der Waals surface area contributed by atoms with E-state index in [0.717, 1.165) is 49.1 Å². The van der Waals surface area contributed by atoms with Crippen molar-refractivity contribution < 1.29 is 19.1 Å². The Bertz CT molecular complexity index is 843. The Morgan fingerprint density at radius 3 is 2.26 bits per heavy atom. The Labute approximate surface area is 183 Å². The van der Waals surface area contributed by atoms with Crippen molar-refractivity contribution in [3.05, 3.63) is 29.8 Å². The molecule has 1 N–H and O–H groups in total. The summed E-state index contributed by atoms with van der Waals surface area (Å²) in [5.41, 5.74) is 1.93. The maximum Gasteiger partial charge on any atom is 0.311 e. The predicted octanol–water partition coefficient (Wildman–Crippen LogP) is 3.23. The summed E-state index contributed by atoms with van der Waals surface area (Å²) >= 11 is 0. The van der Waals surface area contributed by atoms with Crippen molar-refractivity contribution in [2.24, 2.45) is 23.7 Å². The lowest BCUT2D eigenvalue weighted by molar-refractivity contribution is -0.153. The molecule has 1 saturated heterocycles. The van der Waals surface area contributed by atoms with E-state index >= 15 is 0 Å². The molecule has 0 unspecified atom stereocenters. The van der Waals surface area contributed by atoms with Crippen LogP contribution in [-0.4, -0.2) is 36.5 Å². The number of nitrogens with zero attached hydrogens (tertiary/aromatic N) is 1. The van der Waals surface area contributed by atoms with Gasteiger partial charge in [-0.3, -0.25) is 14.4 Å². The van der Waals surface area contributed by atoms with Gasteiger partial charge in [0.05, 0.1) is 5.92 Å². The summed E-state index contributed by atoms with van der Waals surface area (Å²) in [4.78, 5) is 39.2. The Hall–Kier alpha value is -2.37. The van der Waals surface area contributed by atoms with Gasteiger partial charge in [-0.05, 0) is 80.4 Å². The van der Waals surface area contributed by atoms with Gasteiger partial charge in [0, 0.05) is 24.2 Å². The highest BCUT2D eigenvalue weighted by Crippen LogP contribution is 2.55. The van der Waals surface area contributed by atoms with Crippen LogP contribution >= 0.6 is 0 Å². The molecule has 6 heteroatoms. The van der Waals surface area contributed by atoms with E-state index in [0.29, 0.717) is 6.54 Å². The van der Waals surface area contributed by atoms with Crippen molar-refractivity contribution in [2.75, 3.05) is 18.1 Å². The molecule has 4 saturated carbocycles. The highest BCUT2D eigenvalue weighted by atomic mass is 16.5. The van der Waals surface area contributed by atoms with Crippen LogP contribution in [0.2, 0.25) is 0 Å². The maximum atomic E-state index is 12.6. The summed E-state index contributed by atoms with van der Waals surface area (Å²) in [6, 6.07) is 7.85. The number of carbonyl (C=O) groups excluding carboxylic acids is 3. The molecule has 1 heterocycles. The fourth-order valence-electron chi connectivity index (χ4n) is 6.88. The molecule has 0 radical (unpaired) electrons. The first kappa shape index (κ1) is 20.5. The van der Waals surface area contributed by atoms with E-state index < -0.39 is 11.9 Å². The summed E-state index contributed by atoms with van der Waals surface area (Å²) in [6.45, 7) is 2.14. The van der Waals surface area contributed by atoms with Gasteiger partial charge < -0.3 is 15.0 Å². The van der Waals surface area contributed by atoms with E-state index in [1.165, 1.54) is 24.8 Å². The summed E-state index contributed by atoms with van der Waals surface area (Å²) < 4.78 is 5.34. The van der Waals surface area contributed by atoms with Crippen LogP contribution < -0.4 is 10.2 Å². The van der Waals surface area contributed by atoms with Crippen LogP contribution in [0.5, 0.6) is 0 Å². The molecule has 6 nitrogen and oxygen atoms in total. The molecule has 1 aliphatic heterocycles. The number of carbonyl (C=O) groups is 3. The van der Waals surface area contributed by atoms with Gasteiger partial charge in [-0.1, -0.05) is 19.1 Å². The van der Waals surface area contributed by atoms with E-state index in [2.05, 4.69) is 12.2 Å². The quantitative estimate of drug-likeness (QED) is 0.712. The Balaban J connectivity index is 1.13. The third kappa shape index (κ3) is 4.09.